The maximum Gasteiger partial charge on any atom is 0.159 e. The van der Waals surface area contributed by atoms with Gasteiger partial charge in [0.05, 0.1) is 11.4 Å². The molecule has 2 aromatic heterocycles. The largest absolute Gasteiger partial charge is 0.337 e. The van der Waals surface area contributed by atoms with Gasteiger partial charge in [-0.1, -0.05) is 24.3 Å². The molecular formula is C22H16FN3O. The van der Waals surface area contributed by atoms with Crippen LogP contribution in [0.25, 0.3) is 33.9 Å². The van der Waals surface area contributed by atoms with Crippen LogP contribution in [-0.4, -0.2) is 20.7 Å². The van der Waals surface area contributed by atoms with Crippen molar-refractivity contribution in [1.29, 1.82) is 0 Å². The number of nitrogens with one attached hydrogen (secondary N) is 1. The van der Waals surface area contributed by atoms with E-state index in [4.69, 9.17) is 4.98 Å². The molecule has 0 aliphatic rings. The normalized spacial score (nSPS) is 10.7. The van der Waals surface area contributed by atoms with Crippen LogP contribution in [0, 0.1) is 5.82 Å². The highest BCUT2D eigenvalue weighted by atomic mass is 19.1. The number of hydrogen-bond donors (Lipinski definition) is 1. The number of halogens is 1. The third-order valence-corrected chi connectivity index (χ3v) is 4.36. The third kappa shape index (κ3) is 3.40. The van der Waals surface area contributed by atoms with Crippen LogP contribution >= 0.6 is 0 Å². The zero-order valence-electron chi connectivity index (χ0n) is 14.6. The van der Waals surface area contributed by atoms with Crippen molar-refractivity contribution in [2.24, 2.45) is 0 Å². The number of ketones is 1. The van der Waals surface area contributed by atoms with E-state index in [2.05, 4.69) is 9.97 Å². The van der Waals surface area contributed by atoms with Crippen molar-refractivity contribution in [2.45, 2.75) is 6.92 Å². The number of carbonyl (C=O) groups is 1. The predicted octanol–water partition coefficient (Wildman–Crippen LogP) is 5.15. The lowest BCUT2D eigenvalue weighted by atomic mass is 10.1. The van der Waals surface area contributed by atoms with Gasteiger partial charge in [-0.05, 0) is 43.3 Å². The number of nitrogens with zero attached hydrogens (tertiary/aromatic N) is 2. The number of carbonyl (C=O) groups excluding carboxylic acids is 1. The monoisotopic (exact) mass is 357 g/mol. The highest BCUT2D eigenvalue weighted by Crippen LogP contribution is 2.32. The van der Waals surface area contributed by atoms with Crippen LogP contribution < -0.4 is 0 Å². The van der Waals surface area contributed by atoms with Gasteiger partial charge in [0.1, 0.15) is 11.6 Å². The molecule has 0 fully saturated rings. The van der Waals surface area contributed by atoms with Crippen LogP contribution in [0.15, 0.2) is 73.1 Å². The van der Waals surface area contributed by atoms with Crippen LogP contribution in [0.4, 0.5) is 4.39 Å². The smallest absolute Gasteiger partial charge is 0.159 e. The summed E-state index contributed by atoms with van der Waals surface area (Å²) in [6, 6.07) is 17.3. The molecule has 0 unspecified atom stereocenters. The summed E-state index contributed by atoms with van der Waals surface area (Å²) in [4.78, 5) is 23.7. The van der Waals surface area contributed by atoms with Crippen LogP contribution in [0.1, 0.15) is 17.3 Å². The van der Waals surface area contributed by atoms with Crippen LogP contribution in [0.3, 0.4) is 0 Å². The number of hydrogen-bond acceptors (Lipinski definition) is 3. The first-order chi connectivity index (χ1) is 13.1. The van der Waals surface area contributed by atoms with Crippen molar-refractivity contribution in [2.75, 3.05) is 0 Å². The van der Waals surface area contributed by atoms with Crippen LogP contribution in [-0.2, 0) is 0 Å². The first-order valence-electron chi connectivity index (χ1n) is 8.49. The fourth-order valence-corrected chi connectivity index (χ4v) is 2.92. The van der Waals surface area contributed by atoms with Crippen molar-refractivity contribution in [3.63, 3.8) is 0 Å². The molecule has 27 heavy (non-hydrogen) atoms. The van der Waals surface area contributed by atoms with E-state index in [0.29, 0.717) is 11.4 Å². The summed E-state index contributed by atoms with van der Waals surface area (Å²) in [5.41, 5.74) is 4.82. The molecule has 2 heterocycles. The number of aromatic amines is 1. The number of benzene rings is 2. The Balaban J connectivity index is 1.84. The van der Waals surface area contributed by atoms with Gasteiger partial charge in [0.2, 0.25) is 0 Å². The Hall–Kier alpha value is -3.60. The number of imidazole rings is 1. The van der Waals surface area contributed by atoms with E-state index in [-0.39, 0.29) is 11.6 Å². The molecule has 2 aromatic carbocycles. The summed E-state index contributed by atoms with van der Waals surface area (Å²) in [7, 11) is 0. The standard InChI is InChI=1S/C22H16FN3O/c1-14(27)15-2-4-18(5-3-15)22-25-20(16-6-8-19(23)9-7-16)21(26-22)17-10-12-24-13-11-17/h2-13H,1H3,(H,25,26). The van der Waals surface area contributed by atoms with Crippen LogP contribution in [0.2, 0.25) is 0 Å². The van der Waals surface area contributed by atoms with E-state index in [0.717, 1.165) is 28.1 Å². The quantitative estimate of drug-likeness (QED) is 0.514. The summed E-state index contributed by atoms with van der Waals surface area (Å²) in [5, 5.41) is 0. The molecule has 0 radical (unpaired) electrons. The highest BCUT2D eigenvalue weighted by Gasteiger charge is 2.15. The molecular weight excluding hydrogens is 341 g/mol. The molecule has 0 aliphatic carbocycles. The van der Waals surface area contributed by atoms with Gasteiger partial charge in [0.15, 0.2) is 5.78 Å². The van der Waals surface area contributed by atoms with Crippen molar-refractivity contribution in [3.8, 4) is 33.9 Å². The van der Waals surface area contributed by atoms with Gasteiger partial charge in [-0.3, -0.25) is 9.78 Å². The van der Waals surface area contributed by atoms with Gasteiger partial charge in [0.25, 0.3) is 0 Å². The molecule has 0 aliphatic heterocycles. The Morgan fingerprint density at radius 1 is 0.852 bits per heavy atom. The van der Waals surface area contributed by atoms with Gasteiger partial charge in [-0.25, -0.2) is 9.37 Å². The molecule has 4 aromatic rings. The molecule has 4 rings (SSSR count). The Bertz CT molecular complexity index is 1080. The van der Waals surface area contributed by atoms with Crippen molar-refractivity contribution >= 4 is 5.78 Å². The molecule has 5 heteroatoms. The fourth-order valence-electron chi connectivity index (χ4n) is 2.92. The molecule has 0 bridgehead atoms. The lowest BCUT2D eigenvalue weighted by Crippen LogP contribution is -1.91. The first-order valence-corrected chi connectivity index (χ1v) is 8.49. The molecule has 0 amide bonds. The Morgan fingerprint density at radius 3 is 2.11 bits per heavy atom. The molecule has 4 nitrogen and oxygen atoms in total. The molecule has 0 saturated carbocycles. The minimum Gasteiger partial charge on any atom is -0.337 e. The number of aromatic nitrogens is 3. The van der Waals surface area contributed by atoms with E-state index in [1.165, 1.54) is 19.1 Å². The van der Waals surface area contributed by atoms with Gasteiger partial charge < -0.3 is 4.98 Å². The SMILES string of the molecule is CC(=O)c1ccc(-c2nc(-c3ccc(F)cc3)c(-c3ccncc3)[nH]2)cc1. The second-order valence-electron chi connectivity index (χ2n) is 6.19. The molecule has 132 valence electrons. The van der Waals surface area contributed by atoms with Crippen molar-refractivity contribution in [1.82, 2.24) is 15.0 Å². The van der Waals surface area contributed by atoms with Gasteiger partial charge in [0, 0.05) is 34.6 Å². The average Bonchev–Trinajstić information content (AvgIpc) is 3.15. The second-order valence-corrected chi connectivity index (χ2v) is 6.19. The van der Waals surface area contributed by atoms with Gasteiger partial charge in [-0.15, -0.1) is 0 Å². The number of pyridine rings is 1. The number of rotatable bonds is 4. The van der Waals surface area contributed by atoms with Gasteiger partial charge in [-0.2, -0.15) is 0 Å². The summed E-state index contributed by atoms with van der Waals surface area (Å²) >= 11 is 0. The Labute approximate surface area is 155 Å². The molecule has 0 atom stereocenters. The zero-order valence-corrected chi connectivity index (χ0v) is 14.6. The summed E-state index contributed by atoms with van der Waals surface area (Å²) in [5.74, 6) is 0.404. The van der Waals surface area contributed by atoms with Crippen LogP contribution in [0.5, 0.6) is 0 Å². The summed E-state index contributed by atoms with van der Waals surface area (Å²) in [6.07, 6.45) is 3.43. The zero-order chi connectivity index (χ0) is 18.8. The lowest BCUT2D eigenvalue weighted by molar-refractivity contribution is 0.101. The number of Topliss-reactive ketones (excluding diaryl/α,β-unsaturated/α-hetero) is 1. The first kappa shape index (κ1) is 16.8. The summed E-state index contributed by atoms with van der Waals surface area (Å²) in [6.45, 7) is 1.54. The van der Waals surface area contributed by atoms with Crippen molar-refractivity contribution < 1.29 is 9.18 Å². The molecule has 0 saturated heterocycles. The lowest BCUT2D eigenvalue weighted by Gasteiger charge is -2.02. The maximum absolute atomic E-state index is 13.3. The molecule has 1 N–H and O–H groups in total. The van der Waals surface area contributed by atoms with Crippen molar-refractivity contribution in [3.05, 3.63) is 84.4 Å². The minimum absolute atomic E-state index is 0.0190. The number of H-pyrrole nitrogens is 1. The molecule has 0 spiro atoms. The minimum atomic E-state index is -0.292. The third-order valence-electron chi connectivity index (χ3n) is 4.36. The van der Waals surface area contributed by atoms with E-state index < -0.39 is 0 Å². The maximum atomic E-state index is 13.3. The fraction of sp³-hybridized carbons (Fsp3) is 0.0455. The topological polar surface area (TPSA) is 58.6 Å². The summed E-state index contributed by atoms with van der Waals surface area (Å²) < 4.78 is 13.3. The van der Waals surface area contributed by atoms with E-state index in [1.807, 2.05) is 24.3 Å². The Morgan fingerprint density at radius 2 is 1.48 bits per heavy atom. The van der Waals surface area contributed by atoms with Gasteiger partial charge >= 0.3 is 0 Å². The van der Waals surface area contributed by atoms with E-state index in [1.54, 1.807) is 36.7 Å². The highest BCUT2D eigenvalue weighted by molar-refractivity contribution is 5.94. The predicted molar refractivity (Wildman–Crippen MR) is 103 cm³/mol. The second kappa shape index (κ2) is 6.96. The Kier molecular flexibility index (Phi) is 4.34. The van der Waals surface area contributed by atoms with E-state index in [9.17, 15) is 9.18 Å². The average molecular weight is 357 g/mol. The van der Waals surface area contributed by atoms with E-state index >= 15 is 0 Å².